The first kappa shape index (κ1) is 29.5. The van der Waals surface area contributed by atoms with Gasteiger partial charge in [0.1, 0.15) is 0 Å². The second kappa shape index (κ2) is 18.5. The van der Waals surface area contributed by atoms with Crippen molar-refractivity contribution in [1.82, 2.24) is 0 Å². The van der Waals surface area contributed by atoms with Crippen molar-refractivity contribution in [2.75, 3.05) is 0 Å². The number of carbonyl (C=O) groups excluding carboxylic acids is 1. The number of carboxylic acid groups (broad SMARTS) is 2. The zero-order chi connectivity index (χ0) is 14.0. The minimum atomic E-state index is -2.33. The topological polar surface area (TPSA) is 90.9 Å². The van der Waals surface area contributed by atoms with Gasteiger partial charge in [-0.25, -0.2) is 0 Å². The van der Waals surface area contributed by atoms with E-state index in [4.69, 9.17) is 29.0 Å². The second-order valence-corrected chi connectivity index (χ2v) is 4.09. The van der Waals surface area contributed by atoms with Gasteiger partial charge in [0, 0.05) is 18.3 Å². The van der Waals surface area contributed by atoms with Crippen LogP contribution in [0.3, 0.4) is 0 Å². The van der Waals surface area contributed by atoms with Crippen LogP contribution in [-0.4, -0.2) is 31.8 Å². The molecule has 6 nitrogen and oxygen atoms in total. The van der Waals surface area contributed by atoms with Crippen LogP contribution in [0, 0.1) is 0 Å². The van der Waals surface area contributed by atoms with Crippen molar-refractivity contribution < 1.29 is 132 Å². The van der Waals surface area contributed by atoms with Crippen LogP contribution in [0.5, 0.6) is 0 Å². The average molecular weight is 326 g/mol. The SMILES string of the molecule is CC(C)OB(OC(C)C)OC(C)C.O=C([O-])[O-].[K+].[K+]. The van der Waals surface area contributed by atoms with Crippen molar-refractivity contribution >= 4 is 13.5 Å². The number of hydrogen-bond donors (Lipinski definition) is 0. The van der Waals surface area contributed by atoms with Crippen LogP contribution in [-0.2, 0) is 14.0 Å². The predicted molar refractivity (Wildman–Crippen MR) is 59.8 cm³/mol. The van der Waals surface area contributed by atoms with Gasteiger partial charge in [0.15, 0.2) is 0 Å². The molecule has 0 aromatic rings. The van der Waals surface area contributed by atoms with Gasteiger partial charge in [0.05, 0.1) is 0 Å². The summed E-state index contributed by atoms with van der Waals surface area (Å²) in [4.78, 5) is 8.33. The predicted octanol–water partition coefficient (Wildman–Crippen LogP) is -6.19. The fourth-order valence-electron chi connectivity index (χ4n) is 0.763. The first-order valence-electron chi connectivity index (χ1n) is 5.49. The first-order chi connectivity index (χ1) is 7.65. The van der Waals surface area contributed by atoms with E-state index < -0.39 is 13.5 Å². The van der Waals surface area contributed by atoms with E-state index in [-0.39, 0.29) is 121 Å². The van der Waals surface area contributed by atoms with Crippen LogP contribution in [0.15, 0.2) is 0 Å². The van der Waals surface area contributed by atoms with Gasteiger partial charge in [0.25, 0.3) is 0 Å². The normalized spacial score (nSPS) is 9.32. The van der Waals surface area contributed by atoms with E-state index in [0.29, 0.717) is 0 Å². The van der Waals surface area contributed by atoms with E-state index in [1.165, 1.54) is 0 Å². The molecule has 0 unspecified atom stereocenters. The maximum Gasteiger partial charge on any atom is 1.00 e. The van der Waals surface area contributed by atoms with E-state index >= 15 is 0 Å². The van der Waals surface area contributed by atoms with Crippen molar-refractivity contribution in [3.05, 3.63) is 0 Å². The first-order valence-corrected chi connectivity index (χ1v) is 5.49. The third-order valence-electron chi connectivity index (χ3n) is 1.15. The summed E-state index contributed by atoms with van der Waals surface area (Å²) in [7, 11) is -0.542. The molecule has 0 saturated heterocycles. The van der Waals surface area contributed by atoms with Gasteiger partial charge in [-0.05, 0) is 47.7 Å². The summed E-state index contributed by atoms with van der Waals surface area (Å²) in [5.41, 5.74) is 0. The average Bonchev–Trinajstić information content (AvgIpc) is 1.96. The summed E-state index contributed by atoms with van der Waals surface area (Å²) in [5.74, 6) is 0. The molecule has 0 N–H and O–H groups in total. The number of hydrogen-bond acceptors (Lipinski definition) is 6. The van der Waals surface area contributed by atoms with Gasteiger partial charge in [-0.3, -0.25) is 0 Å². The molecule has 0 saturated carbocycles. The number of carbonyl (C=O) groups is 1. The fraction of sp³-hybridized carbons (Fsp3) is 0.900. The van der Waals surface area contributed by atoms with Crippen molar-refractivity contribution in [2.24, 2.45) is 0 Å². The molecular weight excluding hydrogens is 305 g/mol. The van der Waals surface area contributed by atoms with Crippen molar-refractivity contribution in [2.45, 2.75) is 59.9 Å². The van der Waals surface area contributed by atoms with Crippen LogP contribution in [0.1, 0.15) is 41.5 Å². The Bertz CT molecular complexity index is 177. The summed E-state index contributed by atoms with van der Waals surface area (Å²) in [5, 5.41) is 16.7. The van der Waals surface area contributed by atoms with Crippen molar-refractivity contribution in [1.29, 1.82) is 0 Å². The molecule has 0 amide bonds. The Kier molecular flexibility index (Phi) is 28.8. The van der Waals surface area contributed by atoms with Crippen LogP contribution in [0.2, 0.25) is 0 Å². The van der Waals surface area contributed by atoms with Crippen LogP contribution in [0.4, 0.5) is 4.79 Å². The largest absolute Gasteiger partial charge is 1.00 e. The zero-order valence-corrected chi connectivity index (χ0v) is 19.5. The fourth-order valence-corrected chi connectivity index (χ4v) is 0.763. The summed E-state index contributed by atoms with van der Waals surface area (Å²) < 4.78 is 16.3. The Balaban J connectivity index is -0.000000165. The Labute approximate surface area is 201 Å². The Morgan fingerprint density at radius 3 is 1.05 bits per heavy atom. The molecule has 0 atom stereocenters. The van der Waals surface area contributed by atoms with Crippen LogP contribution in [0.25, 0.3) is 0 Å². The molecule has 0 aliphatic heterocycles. The Morgan fingerprint density at radius 1 is 0.789 bits per heavy atom. The zero-order valence-electron chi connectivity index (χ0n) is 13.3. The Morgan fingerprint density at radius 2 is 0.947 bits per heavy atom. The summed E-state index contributed by atoms with van der Waals surface area (Å²) in [6, 6.07) is 0. The van der Waals surface area contributed by atoms with Gasteiger partial charge in [-0.1, -0.05) is 0 Å². The molecule has 0 aliphatic carbocycles. The minimum Gasteiger partial charge on any atom is -0.652 e. The Hall–Kier alpha value is 2.49. The van der Waals surface area contributed by atoms with Crippen LogP contribution < -0.4 is 113 Å². The molecule has 0 heterocycles. The molecular formula is C10H21BK2O6. The molecule has 0 aromatic carbocycles. The molecule has 9 heteroatoms. The summed E-state index contributed by atoms with van der Waals surface area (Å²) in [6.07, 6.45) is -1.99. The second-order valence-electron chi connectivity index (χ2n) is 4.09. The molecule has 102 valence electrons. The van der Waals surface area contributed by atoms with Crippen LogP contribution >= 0.6 is 0 Å². The van der Waals surface area contributed by atoms with E-state index in [1.54, 1.807) is 0 Å². The number of rotatable bonds is 6. The molecule has 0 radical (unpaired) electrons. The maximum atomic E-state index is 8.33. The smallest absolute Gasteiger partial charge is 0.652 e. The molecule has 0 bridgehead atoms. The third kappa shape index (κ3) is 33.4. The summed E-state index contributed by atoms with van der Waals surface area (Å²) in [6.45, 7) is 11.8. The standard InChI is InChI=1S/C9H21BO3.CH2O3.2K/c1-7(2)11-10(12-8(3)4)13-9(5)6;2-1(3)4;;/h7-9H,1-6H3;(H2,2,3,4);;/q;;2*+1/p-2. The van der Waals surface area contributed by atoms with Gasteiger partial charge in [-0.2, -0.15) is 0 Å². The minimum absolute atomic E-state index is 0. The third-order valence-corrected chi connectivity index (χ3v) is 1.15. The molecule has 19 heavy (non-hydrogen) atoms. The van der Waals surface area contributed by atoms with Gasteiger partial charge in [0.2, 0.25) is 0 Å². The van der Waals surface area contributed by atoms with Gasteiger partial charge in [-0.15, -0.1) is 0 Å². The van der Waals surface area contributed by atoms with E-state index in [1.807, 2.05) is 41.5 Å². The molecule has 0 aliphatic rings. The van der Waals surface area contributed by atoms with E-state index in [9.17, 15) is 0 Å². The van der Waals surface area contributed by atoms with E-state index in [0.717, 1.165) is 0 Å². The molecule has 0 spiro atoms. The van der Waals surface area contributed by atoms with Crippen molar-refractivity contribution in [3.63, 3.8) is 0 Å². The van der Waals surface area contributed by atoms with Gasteiger partial charge >= 0.3 is 110 Å². The quantitative estimate of drug-likeness (QED) is 0.451. The molecule has 0 fully saturated rings. The molecule has 0 aromatic heterocycles. The monoisotopic (exact) mass is 326 g/mol. The maximum absolute atomic E-state index is 8.33. The van der Waals surface area contributed by atoms with Crippen molar-refractivity contribution in [3.8, 4) is 0 Å². The summed E-state index contributed by atoms with van der Waals surface area (Å²) >= 11 is 0. The molecule has 0 rings (SSSR count). The van der Waals surface area contributed by atoms with Gasteiger partial charge < -0.3 is 29.0 Å². The van der Waals surface area contributed by atoms with E-state index in [2.05, 4.69) is 0 Å².